The second kappa shape index (κ2) is 7.47. The van der Waals surface area contributed by atoms with Crippen LogP contribution in [0.2, 0.25) is 0 Å². The monoisotopic (exact) mass is 301 g/mol. The maximum Gasteiger partial charge on any atom is 0.321 e. The summed E-state index contributed by atoms with van der Waals surface area (Å²) in [6.45, 7) is 0.342. The highest BCUT2D eigenvalue weighted by Gasteiger charge is 2.17. The van der Waals surface area contributed by atoms with Crippen LogP contribution in [-0.4, -0.2) is 33.9 Å². The minimum atomic E-state index is -0.926. The number of carbonyl (C=O) groups is 1. The average molecular weight is 301 g/mol. The molecule has 0 spiro atoms. The number of aromatic hydroxyl groups is 2. The summed E-state index contributed by atoms with van der Waals surface area (Å²) in [5, 5.41) is 31.6. The van der Waals surface area contributed by atoms with E-state index in [4.69, 9.17) is 0 Å². The fourth-order valence-corrected chi connectivity index (χ4v) is 2.29. The minimum absolute atomic E-state index is 0.0109. The molecule has 5 nitrogen and oxygen atoms in total. The van der Waals surface area contributed by atoms with Crippen molar-refractivity contribution >= 4 is 5.97 Å². The van der Waals surface area contributed by atoms with E-state index in [-0.39, 0.29) is 11.5 Å². The number of carboxylic acids is 1. The first-order chi connectivity index (χ1) is 10.6. The lowest BCUT2D eigenvalue weighted by Crippen LogP contribution is -2.39. The topological polar surface area (TPSA) is 89.8 Å². The van der Waals surface area contributed by atoms with Crippen molar-refractivity contribution in [1.82, 2.24) is 5.32 Å². The molecule has 5 heteroatoms. The summed E-state index contributed by atoms with van der Waals surface area (Å²) in [5.74, 6) is -0.904. The third-order valence-electron chi connectivity index (χ3n) is 3.47. The largest absolute Gasteiger partial charge is 0.508 e. The van der Waals surface area contributed by atoms with Crippen LogP contribution >= 0.6 is 0 Å². The Morgan fingerprint density at radius 2 is 1.64 bits per heavy atom. The Hall–Kier alpha value is -2.53. The summed E-state index contributed by atoms with van der Waals surface area (Å²) >= 11 is 0. The Morgan fingerprint density at radius 3 is 2.23 bits per heavy atom. The number of nitrogens with one attached hydrogen (secondary N) is 1. The van der Waals surface area contributed by atoms with Crippen LogP contribution in [0.3, 0.4) is 0 Å². The highest BCUT2D eigenvalue weighted by molar-refractivity contribution is 5.73. The Bertz CT molecular complexity index is 608. The van der Waals surface area contributed by atoms with Gasteiger partial charge in [0.1, 0.15) is 17.5 Å². The fraction of sp³-hybridized carbons (Fsp3) is 0.235. The maximum absolute atomic E-state index is 11.3. The molecule has 2 aromatic rings. The molecule has 22 heavy (non-hydrogen) atoms. The molecule has 0 aliphatic carbocycles. The van der Waals surface area contributed by atoms with E-state index in [0.29, 0.717) is 24.9 Å². The number of rotatable bonds is 7. The molecule has 0 saturated heterocycles. The summed E-state index contributed by atoms with van der Waals surface area (Å²) in [6.07, 6.45) is 0.722. The van der Waals surface area contributed by atoms with Gasteiger partial charge in [-0.2, -0.15) is 0 Å². The van der Waals surface area contributed by atoms with Crippen LogP contribution in [0.15, 0.2) is 48.5 Å². The van der Waals surface area contributed by atoms with Gasteiger partial charge in [0.2, 0.25) is 0 Å². The molecular formula is C17H19NO4. The van der Waals surface area contributed by atoms with Gasteiger partial charge in [0.15, 0.2) is 0 Å². The quantitative estimate of drug-likeness (QED) is 0.627. The number of phenols is 2. The molecule has 4 N–H and O–H groups in total. The van der Waals surface area contributed by atoms with Crippen LogP contribution in [0.4, 0.5) is 0 Å². The molecule has 0 bridgehead atoms. The lowest BCUT2D eigenvalue weighted by molar-refractivity contribution is -0.139. The molecule has 0 heterocycles. The molecule has 0 saturated carbocycles. The molecule has 2 aromatic carbocycles. The molecule has 116 valence electrons. The van der Waals surface area contributed by atoms with Crippen LogP contribution in [0.1, 0.15) is 11.1 Å². The summed E-state index contributed by atoms with van der Waals surface area (Å²) in [7, 11) is 0. The zero-order valence-corrected chi connectivity index (χ0v) is 12.1. The first-order valence-electron chi connectivity index (χ1n) is 7.08. The summed E-state index contributed by atoms with van der Waals surface area (Å²) < 4.78 is 0. The SMILES string of the molecule is O=C(O)[C@H](Cc1ccccc1)NCCc1c(O)cccc1O. The van der Waals surface area contributed by atoms with E-state index in [2.05, 4.69) is 5.32 Å². The zero-order chi connectivity index (χ0) is 15.9. The van der Waals surface area contributed by atoms with Gasteiger partial charge < -0.3 is 20.6 Å². The van der Waals surface area contributed by atoms with E-state index < -0.39 is 12.0 Å². The Kier molecular flexibility index (Phi) is 5.38. The van der Waals surface area contributed by atoms with E-state index >= 15 is 0 Å². The molecule has 0 aliphatic rings. The lowest BCUT2D eigenvalue weighted by Gasteiger charge is -2.15. The molecular weight excluding hydrogens is 282 g/mol. The number of carboxylic acid groups (broad SMARTS) is 1. The molecule has 0 radical (unpaired) electrons. The molecule has 2 rings (SSSR count). The van der Waals surface area contributed by atoms with Crippen molar-refractivity contribution in [2.75, 3.05) is 6.54 Å². The van der Waals surface area contributed by atoms with Crippen molar-refractivity contribution in [3.05, 3.63) is 59.7 Å². The molecule has 1 atom stereocenters. The number of hydrogen-bond donors (Lipinski definition) is 4. The highest BCUT2D eigenvalue weighted by atomic mass is 16.4. The Labute approximate surface area is 128 Å². The zero-order valence-electron chi connectivity index (χ0n) is 12.1. The van der Waals surface area contributed by atoms with E-state index in [1.165, 1.54) is 12.1 Å². The van der Waals surface area contributed by atoms with Crippen LogP contribution < -0.4 is 5.32 Å². The number of hydrogen-bond acceptors (Lipinski definition) is 4. The van der Waals surface area contributed by atoms with E-state index in [1.54, 1.807) is 6.07 Å². The van der Waals surface area contributed by atoms with Gasteiger partial charge in [0.05, 0.1) is 0 Å². The van der Waals surface area contributed by atoms with Crippen molar-refractivity contribution in [1.29, 1.82) is 0 Å². The van der Waals surface area contributed by atoms with E-state index in [1.807, 2.05) is 30.3 Å². The number of phenolic OH excluding ortho intramolecular Hbond substituents is 2. The summed E-state index contributed by atoms with van der Waals surface area (Å²) in [4.78, 5) is 11.3. The van der Waals surface area contributed by atoms with Crippen molar-refractivity contribution < 1.29 is 20.1 Å². The van der Waals surface area contributed by atoms with E-state index in [0.717, 1.165) is 5.56 Å². The molecule has 0 aliphatic heterocycles. The second-order valence-corrected chi connectivity index (χ2v) is 5.06. The van der Waals surface area contributed by atoms with Crippen LogP contribution in [0.5, 0.6) is 11.5 Å². The van der Waals surface area contributed by atoms with Gasteiger partial charge in [-0.15, -0.1) is 0 Å². The molecule has 0 amide bonds. The third-order valence-corrected chi connectivity index (χ3v) is 3.47. The van der Waals surface area contributed by atoms with Crippen molar-refractivity contribution in [3.8, 4) is 11.5 Å². The van der Waals surface area contributed by atoms with Crippen LogP contribution in [0, 0.1) is 0 Å². The predicted molar refractivity (Wildman–Crippen MR) is 83.0 cm³/mol. The fourth-order valence-electron chi connectivity index (χ4n) is 2.29. The minimum Gasteiger partial charge on any atom is -0.508 e. The normalized spacial score (nSPS) is 12.0. The standard InChI is InChI=1S/C17H19NO4/c19-15-7-4-8-16(20)13(15)9-10-18-14(17(21)22)11-12-5-2-1-3-6-12/h1-8,14,18-20H,9-11H2,(H,21,22)/t14-/m0/s1. The van der Waals surface area contributed by atoms with Gasteiger partial charge in [-0.3, -0.25) is 4.79 Å². The van der Waals surface area contributed by atoms with Gasteiger partial charge >= 0.3 is 5.97 Å². The smallest absolute Gasteiger partial charge is 0.321 e. The average Bonchev–Trinajstić information content (AvgIpc) is 2.50. The van der Waals surface area contributed by atoms with Gasteiger partial charge in [0, 0.05) is 12.1 Å². The van der Waals surface area contributed by atoms with Gasteiger partial charge in [-0.05, 0) is 30.5 Å². The molecule has 0 aromatic heterocycles. The highest BCUT2D eigenvalue weighted by Crippen LogP contribution is 2.26. The first kappa shape index (κ1) is 15.9. The van der Waals surface area contributed by atoms with E-state index in [9.17, 15) is 20.1 Å². The molecule has 0 fully saturated rings. The lowest BCUT2D eigenvalue weighted by atomic mass is 10.1. The van der Waals surface area contributed by atoms with Gasteiger partial charge in [-0.25, -0.2) is 0 Å². The summed E-state index contributed by atoms with van der Waals surface area (Å²) in [6, 6.07) is 13.2. The summed E-state index contributed by atoms with van der Waals surface area (Å²) in [5.41, 5.74) is 1.35. The van der Waals surface area contributed by atoms with Crippen molar-refractivity contribution in [2.45, 2.75) is 18.9 Å². The maximum atomic E-state index is 11.3. The first-order valence-corrected chi connectivity index (χ1v) is 7.08. The van der Waals surface area contributed by atoms with Crippen LogP contribution in [-0.2, 0) is 17.6 Å². The molecule has 0 unspecified atom stereocenters. The van der Waals surface area contributed by atoms with Crippen LogP contribution in [0.25, 0.3) is 0 Å². The predicted octanol–water partition coefficient (Wildman–Crippen LogP) is 1.93. The Balaban J connectivity index is 1.94. The number of aliphatic carboxylic acids is 1. The van der Waals surface area contributed by atoms with Gasteiger partial charge in [-0.1, -0.05) is 36.4 Å². The Morgan fingerprint density at radius 1 is 1.00 bits per heavy atom. The van der Waals surface area contributed by atoms with Crippen molar-refractivity contribution in [2.24, 2.45) is 0 Å². The van der Waals surface area contributed by atoms with Gasteiger partial charge in [0.25, 0.3) is 0 Å². The van der Waals surface area contributed by atoms with Crippen molar-refractivity contribution in [3.63, 3.8) is 0 Å². The third kappa shape index (κ3) is 4.23. The second-order valence-electron chi connectivity index (χ2n) is 5.06. The number of benzene rings is 2.